The average Bonchev–Trinajstić information content (AvgIpc) is 1.80. The van der Waals surface area contributed by atoms with Crippen molar-refractivity contribution in [2.75, 3.05) is 11.5 Å². The molecule has 0 amide bonds. The molecule has 0 saturated heterocycles. The number of hydrogen-bond acceptors (Lipinski definition) is 3. The number of nitrogens with zero attached hydrogens (tertiary/aromatic N) is 1. The summed E-state index contributed by atoms with van der Waals surface area (Å²) < 4.78 is 12.3. The van der Waals surface area contributed by atoms with Crippen LogP contribution >= 0.6 is 0 Å². The monoisotopic (exact) mass is 127 g/mol. The van der Waals surface area contributed by atoms with Crippen LogP contribution in [0.1, 0.15) is 0 Å². The highest BCUT2D eigenvalue weighted by Crippen LogP contribution is 2.08. The summed E-state index contributed by atoms with van der Waals surface area (Å²) in [7, 11) is 0. The third kappa shape index (κ3) is 1.07. The van der Waals surface area contributed by atoms with E-state index in [4.69, 9.17) is 11.5 Å². The molecule has 4 N–H and O–H groups in total. The Labute approximate surface area is 51.5 Å². The molecule has 1 heterocycles. The second-order valence-electron chi connectivity index (χ2n) is 1.63. The second kappa shape index (κ2) is 1.89. The maximum Gasteiger partial charge on any atom is 0.151 e. The van der Waals surface area contributed by atoms with Crippen molar-refractivity contribution in [3.05, 3.63) is 18.1 Å². The lowest BCUT2D eigenvalue weighted by Gasteiger charge is -1.94. The van der Waals surface area contributed by atoms with E-state index in [-0.39, 0.29) is 11.5 Å². The Kier molecular flexibility index (Phi) is 1.22. The molecular weight excluding hydrogens is 121 g/mol. The molecule has 0 aliphatic carbocycles. The fourth-order valence-corrected chi connectivity index (χ4v) is 0.456. The molecule has 4 heteroatoms. The summed E-state index contributed by atoms with van der Waals surface area (Å²) in [6, 6.07) is 1.08. The highest BCUT2D eigenvalue weighted by Gasteiger charge is 1.95. The number of aromatic nitrogens is 1. The van der Waals surface area contributed by atoms with Crippen molar-refractivity contribution in [2.45, 2.75) is 0 Å². The number of halogens is 1. The lowest BCUT2D eigenvalue weighted by atomic mass is 10.4. The molecule has 1 aromatic rings. The van der Waals surface area contributed by atoms with Gasteiger partial charge in [-0.1, -0.05) is 0 Å². The van der Waals surface area contributed by atoms with Crippen LogP contribution in [0.3, 0.4) is 0 Å². The van der Waals surface area contributed by atoms with E-state index in [9.17, 15) is 4.39 Å². The lowest BCUT2D eigenvalue weighted by Crippen LogP contribution is -1.95. The van der Waals surface area contributed by atoms with Crippen LogP contribution in [0.4, 0.5) is 15.9 Å². The third-order valence-corrected chi connectivity index (χ3v) is 0.903. The van der Waals surface area contributed by atoms with Crippen LogP contribution < -0.4 is 11.5 Å². The summed E-state index contributed by atoms with van der Waals surface area (Å²) in [5, 5.41) is 0. The minimum Gasteiger partial charge on any atom is -0.395 e. The van der Waals surface area contributed by atoms with Crippen LogP contribution in [0.25, 0.3) is 0 Å². The molecule has 0 radical (unpaired) electrons. The van der Waals surface area contributed by atoms with Crippen LogP contribution in [0, 0.1) is 5.82 Å². The zero-order valence-electron chi connectivity index (χ0n) is 4.63. The van der Waals surface area contributed by atoms with Gasteiger partial charge in [-0.25, -0.2) is 9.37 Å². The van der Waals surface area contributed by atoms with Gasteiger partial charge in [0.25, 0.3) is 0 Å². The summed E-state index contributed by atoms with van der Waals surface area (Å²) in [4.78, 5) is 3.55. The minimum absolute atomic E-state index is 0.0178. The number of nitrogens with two attached hydrogens (primary N) is 2. The zero-order chi connectivity index (χ0) is 6.85. The van der Waals surface area contributed by atoms with Gasteiger partial charge in [-0.15, -0.1) is 0 Å². The minimum atomic E-state index is -0.525. The molecule has 1 rings (SSSR count). The summed E-state index contributed by atoms with van der Waals surface area (Å²) in [6.45, 7) is 0. The summed E-state index contributed by atoms with van der Waals surface area (Å²) in [5.41, 5.74) is 10.2. The standard InChI is InChI=1S/C5H6FN3/c6-3-1-5(8)9-2-4(3)7/h1-2H,7H2,(H2,8,9). The predicted octanol–water partition coefficient (Wildman–Crippen LogP) is 0.385. The molecule has 0 saturated carbocycles. The van der Waals surface area contributed by atoms with Crippen LogP contribution in [-0.2, 0) is 0 Å². The van der Waals surface area contributed by atoms with E-state index < -0.39 is 5.82 Å². The van der Waals surface area contributed by atoms with Gasteiger partial charge in [0, 0.05) is 6.07 Å². The van der Waals surface area contributed by atoms with Crippen LogP contribution in [0.5, 0.6) is 0 Å². The molecule has 0 atom stereocenters. The van der Waals surface area contributed by atoms with E-state index in [0.717, 1.165) is 6.07 Å². The van der Waals surface area contributed by atoms with Crippen molar-refractivity contribution in [2.24, 2.45) is 0 Å². The second-order valence-corrected chi connectivity index (χ2v) is 1.63. The number of rotatable bonds is 0. The zero-order valence-corrected chi connectivity index (χ0v) is 4.63. The van der Waals surface area contributed by atoms with E-state index in [2.05, 4.69) is 4.98 Å². The molecule has 1 aromatic heterocycles. The summed E-state index contributed by atoms with van der Waals surface area (Å²) >= 11 is 0. The largest absolute Gasteiger partial charge is 0.395 e. The number of nitrogen functional groups attached to an aromatic ring is 2. The van der Waals surface area contributed by atoms with Crippen molar-refractivity contribution in [1.82, 2.24) is 4.98 Å². The van der Waals surface area contributed by atoms with Crippen molar-refractivity contribution in [3.8, 4) is 0 Å². The highest BCUT2D eigenvalue weighted by molar-refractivity contribution is 5.42. The molecule has 0 aromatic carbocycles. The Balaban J connectivity index is 3.17. The van der Waals surface area contributed by atoms with E-state index in [1.54, 1.807) is 0 Å². The number of anilines is 2. The maximum absolute atomic E-state index is 12.3. The molecule has 0 unspecified atom stereocenters. The summed E-state index contributed by atoms with van der Waals surface area (Å²) in [5.74, 6) is -0.385. The van der Waals surface area contributed by atoms with Gasteiger partial charge in [0.2, 0.25) is 0 Å². The average molecular weight is 127 g/mol. The molecule has 9 heavy (non-hydrogen) atoms. The number of pyridine rings is 1. The molecule has 0 spiro atoms. The molecule has 0 aliphatic heterocycles. The Bertz CT molecular complexity index is 223. The van der Waals surface area contributed by atoms with Gasteiger partial charge in [-0.05, 0) is 0 Å². The van der Waals surface area contributed by atoms with Gasteiger partial charge >= 0.3 is 0 Å². The Morgan fingerprint density at radius 3 is 2.56 bits per heavy atom. The molecule has 0 aliphatic rings. The van der Waals surface area contributed by atoms with E-state index in [1.165, 1.54) is 6.20 Å². The van der Waals surface area contributed by atoms with Crippen molar-refractivity contribution >= 4 is 11.5 Å². The SMILES string of the molecule is Nc1cc(F)c(N)cn1. The van der Waals surface area contributed by atoms with Crippen LogP contribution in [0.15, 0.2) is 12.3 Å². The van der Waals surface area contributed by atoms with Gasteiger partial charge < -0.3 is 11.5 Å². The first kappa shape index (κ1) is 5.81. The molecular formula is C5H6FN3. The van der Waals surface area contributed by atoms with Gasteiger partial charge in [0.05, 0.1) is 11.9 Å². The van der Waals surface area contributed by atoms with Gasteiger partial charge in [0.1, 0.15) is 5.82 Å². The molecule has 0 bridgehead atoms. The fraction of sp³-hybridized carbons (Fsp3) is 0. The van der Waals surface area contributed by atoms with Crippen molar-refractivity contribution in [3.63, 3.8) is 0 Å². The first-order chi connectivity index (χ1) is 4.20. The van der Waals surface area contributed by atoms with Gasteiger partial charge in [0.15, 0.2) is 5.82 Å². The smallest absolute Gasteiger partial charge is 0.151 e. The van der Waals surface area contributed by atoms with E-state index in [1.807, 2.05) is 0 Å². The Morgan fingerprint density at radius 2 is 2.11 bits per heavy atom. The third-order valence-electron chi connectivity index (χ3n) is 0.903. The molecule has 0 fully saturated rings. The maximum atomic E-state index is 12.3. The lowest BCUT2D eigenvalue weighted by molar-refractivity contribution is 0.631. The van der Waals surface area contributed by atoms with Crippen LogP contribution in [-0.4, -0.2) is 4.98 Å². The Hall–Kier alpha value is -1.32. The van der Waals surface area contributed by atoms with E-state index in [0.29, 0.717) is 0 Å². The van der Waals surface area contributed by atoms with Crippen LogP contribution in [0.2, 0.25) is 0 Å². The first-order valence-corrected chi connectivity index (χ1v) is 2.36. The van der Waals surface area contributed by atoms with Crippen molar-refractivity contribution < 1.29 is 4.39 Å². The topological polar surface area (TPSA) is 64.9 Å². The highest BCUT2D eigenvalue weighted by atomic mass is 19.1. The summed E-state index contributed by atoms with van der Waals surface area (Å²) in [6.07, 6.45) is 1.19. The molecule has 3 nitrogen and oxygen atoms in total. The molecule has 48 valence electrons. The normalized spacial score (nSPS) is 9.44. The number of hydrogen-bond donors (Lipinski definition) is 2. The van der Waals surface area contributed by atoms with Gasteiger partial charge in [-0.3, -0.25) is 0 Å². The Morgan fingerprint density at radius 1 is 1.44 bits per heavy atom. The van der Waals surface area contributed by atoms with Crippen molar-refractivity contribution in [1.29, 1.82) is 0 Å². The quantitative estimate of drug-likeness (QED) is 0.529. The van der Waals surface area contributed by atoms with Gasteiger partial charge in [-0.2, -0.15) is 0 Å². The predicted molar refractivity (Wildman–Crippen MR) is 33.0 cm³/mol. The fourth-order valence-electron chi connectivity index (χ4n) is 0.456. The first-order valence-electron chi connectivity index (χ1n) is 2.36. The van der Waals surface area contributed by atoms with E-state index >= 15 is 0 Å².